The normalized spacial score (nSPS) is 27.4. The number of nitrogens with one attached hydrogen (secondary N) is 1. The molecular formula is C18H26FN3O2. The van der Waals surface area contributed by atoms with E-state index in [1.165, 1.54) is 12.1 Å². The van der Waals surface area contributed by atoms with E-state index in [1.807, 2.05) is 30.9 Å². The highest BCUT2D eigenvalue weighted by atomic mass is 19.1. The monoisotopic (exact) mass is 335 g/mol. The number of nitrogens with zero attached hydrogens (tertiary/aromatic N) is 2. The largest absolute Gasteiger partial charge is 0.372 e. The predicted octanol–water partition coefficient (Wildman–Crippen LogP) is 2.47. The fourth-order valence-electron chi connectivity index (χ4n) is 3.57. The van der Waals surface area contributed by atoms with Crippen LogP contribution in [-0.4, -0.2) is 55.9 Å². The third kappa shape index (κ3) is 4.17. The number of halogens is 1. The molecule has 2 aliphatic rings. The van der Waals surface area contributed by atoms with Crippen LogP contribution >= 0.6 is 0 Å². The smallest absolute Gasteiger partial charge is 0.317 e. The second-order valence-corrected chi connectivity index (χ2v) is 6.93. The van der Waals surface area contributed by atoms with Crippen molar-refractivity contribution in [2.24, 2.45) is 5.92 Å². The summed E-state index contributed by atoms with van der Waals surface area (Å²) in [7, 11) is 0. The van der Waals surface area contributed by atoms with Gasteiger partial charge in [-0.15, -0.1) is 0 Å². The molecule has 3 atom stereocenters. The molecule has 5 nitrogen and oxygen atoms in total. The van der Waals surface area contributed by atoms with Crippen molar-refractivity contribution < 1.29 is 13.9 Å². The van der Waals surface area contributed by atoms with E-state index < -0.39 is 0 Å². The van der Waals surface area contributed by atoms with Gasteiger partial charge in [-0.3, -0.25) is 0 Å². The molecule has 132 valence electrons. The van der Waals surface area contributed by atoms with E-state index in [2.05, 4.69) is 10.2 Å². The molecule has 0 bridgehead atoms. The average Bonchev–Trinajstić information content (AvgIpc) is 3.01. The first-order valence-corrected chi connectivity index (χ1v) is 8.70. The van der Waals surface area contributed by atoms with E-state index >= 15 is 0 Å². The lowest BCUT2D eigenvalue weighted by Gasteiger charge is -2.35. The minimum Gasteiger partial charge on any atom is -0.372 e. The SMILES string of the molecule is C[C@@H]1CN(C(=O)NC[C@@H]2CCN(c3ccc(F)cc3)C2)C[C@H](C)O1. The second-order valence-electron chi connectivity index (χ2n) is 6.93. The maximum atomic E-state index is 13.0. The zero-order chi connectivity index (χ0) is 17.1. The maximum Gasteiger partial charge on any atom is 0.317 e. The summed E-state index contributed by atoms with van der Waals surface area (Å²) in [5, 5.41) is 3.06. The molecule has 3 rings (SSSR count). The molecular weight excluding hydrogens is 309 g/mol. The van der Waals surface area contributed by atoms with Crippen molar-refractivity contribution in [2.45, 2.75) is 32.5 Å². The fraction of sp³-hybridized carbons (Fsp3) is 0.611. The van der Waals surface area contributed by atoms with Crippen LogP contribution in [0, 0.1) is 11.7 Å². The van der Waals surface area contributed by atoms with Crippen LogP contribution in [0.2, 0.25) is 0 Å². The molecule has 24 heavy (non-hydrogen) atoms. The number of carbonyl (C=O) groups excluding carboxylic acids is 1. The number of amides is 2. The maximum absolute atomic E-state index is 13.0. The van der Waals surface area contributed by atoms with Crippen molar-refractivity contribution in [3.63, 3.8) is 0 Å². The number of hydrogen-bond acceptors (Lipinski definition) is 3. The first-order valence-electron chi connectivity index (χ1n) is 8.70. The van der Waals surface area contributed by atoms with Gasteiger partial charge in [-0.05, 0) is 50.5 Å². The Bertz CT molecular complexity index is 556. The van der Waals surface area contributed by atoms with E-state index in [4.69, 9.17) is 4.74 Å². The average molecular weight is 335 g/mol. The van der Waals surface area contributed by atoms with E-state index in [9.17, 15) is 9.18 Å². The Morgan fingerprint density at radius 3 is 2.54 bits per heavy atom. The number of morpholine rings is 1. The van der Waals surface area contributed by atoms with Crippen LogP contribution in [0.3, 0.4) is 0 Å². The third-order valence-electron chi connectivity index (χ3n) is 4.73. The quantitative estimate of drug-likeness (QED) is 0.923. The molecule has 1 N–H and O–H groups in total. The first kappa shape index (κ1) is 17.0. The molecule has 0 unspecified atom stereocenters. The standard InChI is InChI=1S/C18H26FN3O2/c1-13-10-22(11-14(2)24-13)18(23)20-9-15-7-8-21(12-15)17-5-3-16(19)4-6-17/h3-6,13-15H,7-12H2,1-2H3,(H,20,23)/t13-,14+,15-/m0/s1. The van der Waals surface area contributed by atoms with Gasteiger partial charge in [0.15, 0.2) is 0 Å². The number of hydrogen-bond donors (Lipinski definition) is 1. The number of benzene rings is 1. The van der Waals surface area contributed by atoms with E-state index in [0.717, 1.165) is 25.2 Å². The molecule has 2 heterocycles. The van der Waals surface area contributed by atoms with Gasteiger partial charge in [-0.2, -0.15) is 0 Å². The van der Waals surface area contributed by atoms with Crippen molar-refractivity contribution in [2.75, 3.05) is 37.6 Å². The van der Waals surface area contributed by atoms with Crippen LogP contribution in [0.4, 0.5) is 14.9 Å². The minimum atomic E-state index is -0.212. The summed E-state index contributed by atoms with van der Waals surface area (Å²) in [5.74, 6) is 0.214. The zero-order valence-corrected chi connectivity index (χ0v) is 14.4. The van der Waals surface area contributed by atoms with Crippen LogP contribution in [0.5, 0.6) is 0 Å². The summed E-state index contributed by atoms with van der Waals surface area (Å²) in [5.41, 5.74) is 1.04. The Morgan fingerprint density at radius 1 is 1.21 bits per heavy atom. The Kier molecular flexibility index (Phi) is 5.23. The minimum absolute atomic E-state index is 0.00256. The zero-order valence-electron chi connectivity index (χ0n) is 14.4. The molecule has 0 radical (unpaired) electrons. The van der Waals surface area contributed by atoms with Gasteiger partial charge in [-0.25, -0.2) is 9.18 Å². The van der Waals surface area contributed by atoms with E-state index in [0.29, 0.717) is 25.6 Å². The van der Waals surface area contributed by atoms with Gasteiger partial charge in [0, 0.05) is 38.4 Å². The first-order chi connectivity index (χ1) is 11.5. The number of rotatable bonds is 3. The highest BCUT2D eigenvalue weighted by Gasteiger charge is 2.27. The molecule has 0 spiro atoms. The van der Waals surface area contributed by atoms with Crippen molar-refractivity contribution in [1.82, 2.24) is 10.2 Å². The Balaban J connectivity index is 1.46. The number of ether oxygens (including phenoxy) is 1. The van der Waals surface area contributed by atoms with E-state index in [1.54, 1.807) is 0 Å². The lowest BCUT2D eigenvalue weighted by Crippen LogP contribution is -2.52. The molecule has 1 aromatic rings. The fourth-order valence-corrected chi connectivity index (χ4v) is 3.57. The van der Waals surface area contributed by atoms with Gasteiger partial charge < -0.3 is 19.9 Å². The van der Waals surface area contributed by atoms with Crippen LogP contribution in [0.15, 0.2) is 24.3 Å². The second kappa shape index (κ2) is 7.38. The number of urea groups is 1. The number of carbonyl (C=O) groups is 1. The Morgan fingerprint density at radius 2 is 1.88 bits per heavy atom. The van der Waals surface area contributed by atoms with Crippen LogP contribution in [0.1, 0.15) is 20.3 Å². The molecule has 0 aliphatic carbocycles. The Labute approximate surface area is 142 Å². The van der Waals surface area contributed by atoms with Crippen molar-refractivity contribution in [3.8, 4) is 0 Å². The highest BCUT2D eigenvalue weighted by Crippen LogP contribution is 2.23. The molecule has 0 aromatic heterocycles. The van der Waals surface area contributed by atoms with E-state index in [-0.39, 0.29) is 24.1 Å². The molecule has 2 saturated heterocycles. The van der Waals surface area contributed by atoms with Gasteiger partial charge in [-0.1, -0.05) is 0 Å². The summed E-state index contributed by atoms with van der Waals surface area (Å²) < 4.78 is 18.7. The van der Waals surface area contributed by atoms with Gasteiger partial charge in [0.25, 0.3) is 0 Å². The van der Waals surface area contributed by atoms with Crippen LogP contribution in [-0.2, 0) is 4.74 Å². The number of anilines is 1. The summed E-state index contributed by atoms with van der Waals surface area (Å²) >= 11 is 0. The lowest BCUT2D eigenvalue weighted by atomic mass is 10.1. The van der Waals surface area contributed by atoms with Crippen molar-refractivity contribution in [3.05, 3.63) is 30.1 Å². The molecule has 2 aliphatic heterocycles. The van der Waals surface area contributed by atoms with Crippen molar-refractivity contribution in [1.29, 1.82) is 0 Å². The van der Waals surface area contributed by atoms with Crippen LogP contribution < -0.4 is 10.2 Å². The predicted molar refractivity (Wildman–Crippen MR) is 91.7 cm³/mol. The van der Waals surface area contributed by atoms with Gasteiger partial charge in [0.1, 0.15) is 5.82 Å². The molecule has 2 amide bonds. The summed E-state index contributed by atoms with van der Waals surface area (Å²) in [6.45, 7) is 7.78. The summed E-state index contributed by atoms with van der Waals surface area (Å²) in [6, 6.07) is 6.60. The molecule has 2 fully saturated rings. The molecule has 1 aromatic carbocycles. The summed E-state index contributed by atoms with van der Waals surface area (Å²) in [6.07, 6.45) is 1.20. The molecule has 0 saturated carbocycles. The van der Waals surface area contributed by atoms with Crippen LogP contribution in [0.25, 0.3) is 0 Å². The van der Waals surface area contributed by atoms with Gasteiger partial charge in [0.2, 0.25) is 0 Å². The topological polar surface area (TPSA) is 44.8 Å². The van der Waals surface area contributed by atoms with Gasteiger partial charge in [0.05, 0.1) is 12.2 Å². The molecule has 6 heteroatoms. The Hall–Kier alpha value is -1.82. The third-order valence-corrected chi connectivity index (χ3v) is 4.73. The lowest BCUT2D eigenvalue weighted by molar-refractivity contribution is -0.0545. The van der Waals surface area contributed by atoms with Crippen molar-refractivity contribution >= 4 is 11.7 Å². The summed E-state index contributed by atoms with van der Waals surface area (Å²) in [4.78, 5) is 16.4. The highest BCUT2D eigenvalue weighted by molar-refractivity contribution is 5.74. The van der Waals surface area contributed by atoms with Gasteiger partial charge >= 0.3 is 6.03 Å².